The number of aromatic hydroxyl groups is 1. The Morgan fingerprint density at radius 3 is 2.84 bits per heavy atom. The zero-order chi connectivity index (χ0) is 13.8. The highest BCUT2D eigenvalue weighted by Crippen LogP contribution is 2.24. The summed E-state index contributed by atoms with van der Waals surface area (Å²) >= 11 is 0. The predicted molar refractivity (Wildman–Crippen MR) is 76.4 cm³/mol. The zero-order valence-electron chi connectivity index (χ0n) is 11.9. The van der Waals surface area contributed by atoms with Crippen LogP contribution in [0.25, 0.3) is 0 Å². The Kier molecular flexibility index (Phi) is 4.46. The molecule has 0 aliphatic carbocycles. The first-order valence-corrected chi connectivity index (χ1v) is 7.20. The van der Waals surface area contributed by atoms with E-state index in [9.17, 15) is 9.90 Å². The van der Waals surface area contributed by atoms with Gasteiger partial charge in [-0.2, -0.15) is 0 Å². The smallest absolute Gasteiger partial charge is 0.257 e. The molecule has 0 spiro atoms. The Hall–Kier alpha value is -1.51. The van der Waals surface area contributed by atoms with Crippen molar-refractivity contribution in [3.63, 3.8) is 0 Å². The molecule has 1 aliphatic rings. The molecule has 0 aromatic heterocycles. The normalized spacial score (nSPS) is 20.1. The lowest BCUT2D eigenvalue weighted by atomic mass is 9.98. The van der Waals surface area contributed by atoms with Crippen LogP contribution in [0, 0.1) is 12.8 Å². The van der Waals surface area contributed by atoms with E-state index >= 15 is 0 Å². The number of phenolic OH excluding ortho intramolecular Hbond substituents is 1. The summed E-state index contributed by atoms with van der Waals surface area (Å²) in [6, 6.07) is 5.26. The highest BCUT2D eigenvalue weighted by molar-refractivity contribution is 5.96. The van der Waals surface area contributed by atoms with Crippen LogP contribution in [0.4, 0.5) is 0 Å². The lowest BCUT2D eigenvalue weighted by molar-refractivity contribution is 0.0757. The third-order valence-electron chi connectivity index (χ3n) is 4.10. The number of amides is 1. The van der Waals surface area contributed by atoms with Crippen molar-refractivity contribution in [1.82, 2.24) is 4.90 Å². The fourth-order valence-electron chi connectivity index (χ4n) is 2.77. The summed E-state index contributed by atoms with van der Waals surface area (Å²) in [5, 5.41) is 9.91. The number of likely N-dealkylation sites (tertiary alicyclic amines) is 1. The topological polar surface area (TPSA) is 40.5 Å². The molecule has 1 aromatic rings. The number of phenols is 1. The van der Waals surface area contributed by atoms with Crippen molar-refractivity contribution < 1.29 is 9.90 Å². The molecule has 0 bridgehead atoms. The van der Waals surface area contributed by atoms with Crippen LogP contribution in [-0.2, 0) is 0 Å². The molecule has 104 valence electrons. The average molecular weight is 261 g/mol. The standard InChI is InChI=1S/C16H23NO2/c1-3-13-5-4-9-17(10-8-13)16(19)14-7-6-12(2)11-15(14)18/h6-7,11,13,18H,3-5,8-10H2,1-2H3. The number of hydrogen-bond acceptors (Lipinski definition) is 2. The molecule has 3 heteroatoms. The van der Waals surface area contributed by atoms with Crippen LogP contribution in [0.1, 0.15) is 48.5 Å². The highest BCUT2D eigenvalue weighted by atomic mass is 16.3. The number of rotatable bonds is 2. The highest BCUT2D eigenvalue weighted by Gasteiger charge is 2.22. The minimum absolute atomic E-state index is 0.0331. The molecule has 1 fully saturated rings. The minimum atomic E-state index is -0.0331. The van der Waals surface area contributed by atoms with Gasteiger partial charge >= 0.3 is 0 Å². The van der Waals surface area contributed by atoms with E-state index in [-0.39, 0.29) is 11.7 Å². The van der Waals surface area contributed by atoms with E-state index < -0.39 is 0 Å². The number of hydrogen-bond donors (Lipinski definition) is 1. The van der Waals surface area contributed by atoms with Crippen molar-refractivity contribution in [2.75, 3.05) is 13.1 Å². The van der Waals surface area contributed by atoms with E-state index in [4.69, 9.17) is 0 Å². The lowest BCUT2D eigenvalue weighted by Gasteiger charge is -2.21. The molecule has 3 nitrogen and oxygen atoms in total. The molecule has 2 rings (SSSR count). The van der Waals surface area contributed by atoms with Crippen LogP contribution in [0.15, 0.2) is 18.2 Å². The van der Waals surface area contributed by atoms with Gasteiger partial charge in [0.1, 0.15) is 5.75 Å². The van der Waals surface area contributed by atoms with Crippen LogP contribution in [0.5, 0.6) is 5.75 Å². The van der Waals surface area contributed by atoms with Gasteiger partial charge < -0.3 is 10.0 Å². The number of benzene rings is 1. The van der Waals surface area contributed by atoms with E-state index in [1.54, 1.807) is 12.1 Å². The summed E-state index contributed by atoms with van der Waals surface area (Å²) in [5.41, 5.74) is 1.40. The molecule has 1 unspecified atom stereocenters. The monoisotopic (exact) mass is 261 g/mol. The van der Waals surface area contributed by atoms with Crippen molar-refractivity contribution in [3.05, 3.63) is 29.3 Å². The van der Waals surface area contributed by atoms with Gasteiger partial charge in [0.25, 0.3) is 5.91 Å². The van der Waals surface area contributed by atoms with Gasteiger partial charge in [-0.1, -0.05) is 19.4 Å². The van der Waals surface area contributed by atoms with Crippen LogP contribution >= 0.6 is 0 Å². The molecule has 1 aromatic carbocycles. The van der Waals surface area contributed by atoms with Gasteiger partial charge in [0, 0.05) is 13.1 Å². The van der Waals surface area contributed by atoms with Gasteiger partial charge in [-0.05, 0) is 49.8 Å². The number of aryl methyl sites for hydroxylation is 1. The second-order valence-electron chi connectivity index (χ2n) is 5.52. The fraction of sp³-hybridized carbons (Fsp3) is 0.562. The fourth-order valence-corrected chi connectivity index (χ4v) is 2.77. The van der Waals surface area contributed by atoms with E-state index in [2.05, 4.69) is 6.92 Å². The number of carbonyl (C=O) groups excluding carboxylic acids is 1. The molecule has 0 saturated carbocycles. The molecular formula is C16H23NO2. The van der Waals surface area contributed by atoms with Gasteiger partial charge in [-0.25, -0.2) is 0 Å². The summed E-state index contributed by atoms with van der Waals surface area (Å²) in [5.74, 6) is 0.806. The van der Waals surface area contributed by atoms with Gasteiger partial charge in [0.15, 0.2) is 0 Å². The average Bonchev–Trinajstić information content (AvgIpc) is 2.63. The summed E-state index contributed by atoms with van der Waals surface area (Å²) in [4.78, 5) is 14.3. The summed E-state index contributed by atoms with van der Waals surface area (Å²) in [6.45, 7) is 5.74. The van der Waals surface area contributed by atoms with E-state index in [0.29, 0.717) is 5.56 Å². The Balaban J connectivity index is 2.10. The zero-order valence-corrected chi connectivity index (χ0v) is 11.9. The molecule has 1 atom stereocenters. The molecule has 1 amide bonds. The maximum atomic E-state index is 12.4. The summed E-state index contributed by atoms with van der Waals surface area (Å²) in [7, 11) is 0. The Labute approximate surface area is 115 Å². The maximum absolute atomic E-state index is 12.4. The van der Waals surface area contributed by atoms with Gasteiger partial charge in [0.2, 0.25) is 0 Å². The first-order chi connectivity index (χ1) is 9.11. The van der Waals surface area contributed by atoms with E-state index in [1.807, 2.05) is 17.9 Å². The van der Waals surface area contributed by atoms with Crippen LogP contribution < -0.4 is 0 Å². The maximum Gasteiger partial charge on any atom is 0.257 e. The van der Waals surface area contributed by atoms with Crippen LogP contribution in [0.2, 0.25) is 0 Å². The third kappa shape index (κ3) is 3.28. The van der Waals surface area contributed by atoms with E-state index in [1.165, 1.54) is 12.8 Å². The molecule has 1 aliphatic heterocycles. The number of carbonyl (C=O) groups is 1. The van der Waals surface area contributed by atoms with Gasteiger partial charge in [-0.3, -0.25) is 4.79 Å². The predicted octanol–water partition coefficient (Wildman–Crippen LogP) is 3.35. The Morgan fingerprint density at radius 1 is 1.37 bits per heavy atom. The van der Waals surface area contributed by atoms with Gasteiger partial charge in [0.05, 0.1) is 5.56 Å². The van der Waals surface area contributed by atoms with Crippen molar-refractivity contribution in [1.29, 1.82) is 0 Å². The van der Waals surface area contributed by atoms with Crippen molar-refractivity contribution in [3.8, 4) is 5.75 Å². The first kappa shape index (κ1) is 13.9. The number of nitrogens with zero attached hydrogens (tertiary/aromatic N) is 1. The lowest BCUT2D eigenvalue weighted by Crippen LogP contribution is -2.32. The minimum Gasteiger partial charge on any atom is -0.507 e. The third-order valence-corrected chi connectivity index (χ3v) is 4.10. The molecule has 1 heterocycles. The molecule has 19 heavy (non-hydrogen) atoms. The molecule has 1 saturated heterocycles. The van der Waals surface area contributed by atoms with Crippen molar-refractivity contribution >= 4 is 5.91 Å². The van der Waals surface area contributed by atoms with Gasteiger partial charge in [-0.15, -0.1) is 0 Å². The molecule has 0 radical (unpaired) electrons. The SMILES string of the molecule is CCC1CCCN(C(=O)c2ccc(C)cc2O)CC1. The second-order valence-corrected chi connectivity index (χ2v) is 5.52. The quantitative estimate of drug-likeness (QED) is 0.887. The summed E-state index contributed by atoms with van der Waals surface area (Å²) < 4.78 is 0. The Morgan fingerprint density at radius 2 is 2.16 bits per heavy atom. The van der Waals surface area contributed by atoms with Crippen LogP contribution in [0.3, 0.4) is 0 Å². The largest absolute Gasteiger partial charge is 0.507 e. The van der Waals surface area contributed by atoms with Crippen molar-refractivity contribution in [2.24, 2.45) is 5.92 Å². The first-order valence-electron chi connectivity index (χ1n) is 7.20. The van der Waals surface area contributed by atoms with Crippen molar-refractivity contribution in [2.45, 2.75) is 39.5 Å². The molecular weight excluding hydrogens is 238 g/mol. The second kappa shape index (κ2) is 6.09. The summed E-state index contributed by atoms with van der Waals surface area (Å²) in [6.07, 6.45) is 4.55. The van der Waals surface area contributed by atoms with E-state index in [0.717, 1.165) is 37.4 Å². The van der Waals surface area contributed by atoms with Crippen LogP contribution in [-0.4, -0.2) is 29.0 Å². The molecule has 1 N–H and O–H groups in total. The Bertz CT molecular complexity index is 456.